The molecule has 3 rings (SSSR count). The van der Waals surface area contributed by atoms with E-state index in [4.69, 9.17) is 0 Å². The highest BCUT2D eigenvalue weighted by Gasteiger charge is 2.44. The van der Waals surface area contributed by atoms with Crippen molar-refractivity contribution in [2.75, 3.05) is 0 Å². The van der Waals surface area contributed by atoms with E-state index in [2.05, 4.69) is 10.9 Å². The van der Waals surface area contributed by atoms with Crippen LogP contribution < -0.4 is 10.9 Å². The van der Waals surface area contributed by atoms with Crippen LogP contribution in [0.2, 0.25) is 0 Å². The zero-order valence-electron chi connectivity index (χ0n) is 11.8. The average molecular weight is 298 g/mol. The maximum Gasteiger partial charge on any atom is 0.269 e. The molecule has 2 aromatic rings. The van der Waals surface area contributed by atoms with Gasteiger partial charge in [0.1, 0.15) is 5.82 Å². The largest absolute Gasteiger partial charge is 0.273 e. The van der Waals surface area contributed by atoms with E-state index in [9.17, 15) is 14.0 Å². The molecule has 0 bridgehead atoms. The summed E-state index contributed by atoms with van der Waals surface area (Å²) in [6, 6.07) is 14.8. The maximum absolute atomic E-state index is 12.9. The summed E-state index contributed by atoms with van der Waals surface area (Å²) in [5, 5.41) is 0. The van der Waals surface area contributed by atoms with Crippen molar-refractivity contribution in [1.82, 2.24) is 10.9 Å². The van der Waals surface area contributed by atoms with Crippen LogP contribution in [0, 0.1) is 11.7 Å². The predicted molar refractivity (Wildman–Crippen MR) is 79.3 cm³/mol. The van der Waals surface area contributed by atoms with Gasteiger partial charge in [-0.2, -0.15) is 0 Å². The van der Waals surface area contributed by atoms with Gasteiger partial charge in [0.25, 0.3) is 5.91 Å². The molecule has 2 unspecified atom stereocenters. The Balaban J connectivity index is 1.52. The quantitative estimate of drug-likeness (QED) is 0.855. The third-order valence-electron chi connectivity index (χ3n) is 3.76. The summed E-state index contributed by atoms with van der Waals surface area (Å²) in [5.41, 5.74) is 6.27. The number of halogens is 1. The van der Waals surface area contributed by atoms with E-state index in [-0.39, 0.29) is 29.5 Å². The second-order valence-corrected chi connectivity index (χ2v) is 5.31. The Labute approximate surface area is 127 Å². The Hall–Kier alpha value is -2.69. The zero-order valence-corrected chi connectivity index (χ0v) is 11.8. The molecule has 2 N–H and O–H groups in total. The molecule has 2 atom stereocenters. The summed E-state index contributed by atoms with van der Waals surface area (Å²) < 4.78 is 12.9. The summed E-state index contributed by atoms with van der Waals surface area (Å²) in [6.07, 6.45) is 0.707. The summed E-state index contributed by atoms with van der Waals surface area (Å²) in [5.74, 6) is -0.956. The molecule has 22 heavy (non-hydrogen) atoms. The molecule has 4 nitrogen and oxygen atoms in total. The van der Waals surface area contributed by atoms with Gasteiger partial charge >= 0.3 is 0 Å². The fraction of sp³-hybridized carbons (Fsp3) is 0.176. The Kier molecular flexibility index (Phi) is 3.87. The fourth-order valence-corrected chi connectivity index (χ4v) is 2.44. The van der Waals surface area contributed by atoms with Gasteiger partial charge in [-0.3, -0.25) is 20.4 Å². The standard InChI is InChI=1S/C17H15FN2O2/c18-13-8-6-11(7-9-13)14-10-15(14)17(22)20-19-16(21)12-4-2-1-3-5-12/h1-9,14-15H,10H2,(H,19,21)(H,20,22). The summed E-state index contributed by atoms with van der Waals surface area (Å²) >= 11 is 0. The highest BCUT2D eigenvalue weighted by Crippen LogP contribution is 2.47. The average Bonchev–Trinajstić information content (AvgIpc) is 3.34. The highest BCUT2D eigenvalue weighted by molar-refractivity contribution is 5.95. The number of carbonyl (C=O) groups excluding carboxylic acids is 2. The topological polar surface area (TPSA) is 58.2 Å². The Morgan fingerprint density at radius 3 is 2.32 bits per heavy atom. The van der Waals surface area contributed by atoms with Crippen molar-refractivity contribution in [2.24, 2.45) is 5.92 Å². The van der Waals surface area contributed by atoms with E-state index < -0.39 is 0 Å². The molecule has 0 radical (unpaired) electrons. The van der Waals surface area contributed by atoms with E-state index in [1.165, 1.54) is 12.1 Å². The van der Waals surface area contributed by atoms with Crippen molar-refractivity contribution in [3.05, 3.63) is 71.5 Å². The van der Waals surface area contributed by atoms with Crippen molar-refractivity contribution in [3.8, 4) is 0 Å². The van der Waals surface area contributed by atoms with Crippen LogP contribution in [0.3, 0.4) is 0 Å². The van der Waals surface area contributed by atoms with Gasteiger partial charge in [-0.05, 0) is 42.2 Å². The summed E-state index contributed by atoms with van der Waals surface area (Å²) in [7, 11) is 0. The lowest BCUT2D eigenvalue weighted by Gasteiger charge is -2.07. The number of hydrazine groups is 1. The van der Waals surface area contributed by atoms with Crippen molar-refractivity contribution in [1.29, 1.82) is 0 Å². The normalized spacial score (nSPS) is 19.3. The molecule has 1 aliphatic carbocycles. The molecule has 0 aromatic heterocycles. The maximum atomic E-state index is 12.9. The molecule has 112 valence electrons. The first kappa shape index (κ1) is 14.3. The Morgan fingerprint density at radius 1 is 0.955 bits per heavy atom. The van der Waals surface area contributed by atoms with Crippen LogP contribution in [0.15, 0.2) is 54.6 Å². The summed E-state index contributed by atoms with van der Waals surface area (Å²) in [4.78, 5) is 23.8. The van der Waals surface area contributed by atoms with E-state index in [1.807, 2.05) is 6.07 Å². The summed E-state index contributed by atoms with van der Waals surface area (Å²) in [6.45, 7) is 0. The number of amides is 2. The van der Waals surface area contributed by atoms with Crippen molar-refractivity contribution in [2.45, 2.75) is 12.3 Å². The lowest BCUT2D eigenvalue weighted by molar-refractivity contribution is -0.123. The van der Waals surface area contributed by atoms with Crippen LogP contribution in [0.25, 0.3) is 0 Å². The molecular formula is C17H15FN2O2. The lowest BCUT2D eigenvalue weighted by Crippen LogP contribution is -2.42. The lowest BCUT2D eigenvalue weighted by atomic mass is 10.1. The molecule has 1 aliphatic rings. The van der Waals surface area contributed by atoms with Gasteiger partial charge in [-0.15, -0.1) is 0 Å². The van der Waals surface area contributed by atoms with Crippen LogP contribution in [-0.4, -0.2) is 11.8 Å². The molecule has 0 heterocycles. The van der Waals surface area contributed by atoms with Crippen LogP contribution in [0.1, 0.15) is 28.3 Å². The highest BCUT2D eigenvalue weighted by atomic mass is 19.1. The number of benzene rings is 2. The number of nitrogens with one attached hydrogen (secondary N) is 2. The second-order valence-electron chi connectivity index (χ2n) is 5.31. The number of hydrogen-bond donors (Lipinski definition) is 2. The number of rotatable bonds is 3. The van der Waals surface area contributed by atoms with Crippen LogP contribution in [0.5, 0.6) is 0 Å². The van der Waals surface area contributed by atoms with Gasteiger partial charge in [-0.25, -0.2) is 4.39 Å². The van der Waals surface area contributed by atoms with Crippen LogP contribution in [0.4, 0.5) is 4.39 Å². The second kappa shape index (κ2) is 5.97. The van der Waals surface area contributed by atoms with E-state index in [0.29, 0.717) is 12.0 Å². The van der Waals surface area contributed by atoms with Gasteiger partial charge in [0, 0.05) is 11.5 Å². The van der Waals surface area contributed by atoms with E-state index in [0.717, 1.165) is 5.56 Å². The Morgan fingerprint density at radius 2 is 1.64 bits per heavy atom. The minimum atomic E-state index is -0.354. The third kappa shape index (κ3) is 3.14. The van der Waals surface area contributed by atoms with Gasteiger partial charge in [0.05, 0.1) is 0 Å². The first-order chi connectivity index (χ1) is 10.6. The van der Waals surface area contributed by atoms with Crippen molar-refractivity contribution in [3.63, 3.8) is 0 Å². The van der Waals surface area contributed by atoms with Crippen LogP contribution in [-0.2, 0) is 4.79 Å². The van der Waals surface area contributed by atoms with Crippen molar-refractivity contribution < 1.29 is 14.0 Å². The number of carbonyl (C=O) groups is 2. The molecule has 5 heteroatoms. The van der Waals surface area contributed by atoms with Crippen molar-refractivity contribution >= 4 is 11.8 Å². The molecule has 2 amide bonds. The number of hydrogen-bond acceptors (Lipinski definition) is 2. The minimum absolute atomic E-state index is 0.0919. The molecule has 1 saturated carbocycles. The molecule has 1 fully saturated rings. The molecular weight excluding hydrogens is 283 g/mol. The van der Waals surface area contributed by atoms with E-state index in [1.54, 1.807) is 36.4 Å². The SMILES string of the molecule is O=C(NNC(=O)C1CC1c1ccc(F)cc1)c1ccccc1. The predicted octanol–water partition coefficient (Wildman–Crippen LogP) is 2.39. The Bertz CT molecular complexity index is 686. The monoisotopic (exact) mass is 298 g/mol. The molecule has 2 aromatic carbocycles. The minimum Gasteiger partial charge on any atom is -0.273 e. The van der Waals surface area contributed by atoms with Gasteiger partial charge in [-0.1, -0.05) is 30.3 Å². The first-order valence-corrected chi connectivity index (χ1v) is 7.06. The zero-order chi connectivity index (χ0) is 15.5. The van der Waals surface area contributed by atoms with Gasteiger partial charge in [0.2, 0.25) is 5.91 Å². The molecule has 0 saturated heterocycles. The van der Waals surface area contributed by atoms with E-state index >= 15 is 0 Å². The first-order valence-electron chi connectivity index (χ1n) is 7.06. The molecule has 0 aliphatic heterocycles. The smallest absolute Gasteiger partial charge is 0.269 e. The van der Waals surface area contributed by atoms with Gasteiger partial charge in [0.15, 0.2) is 0 Å². The third-order valence-corrected chi connectivity index (χ3v) is 3.76. The fourth-order valence-electron chi connectivity index (χ4n) is 2.44. The van der Waals surface area contributed by atoms with Crippen LogP contribution >= 0.6 is 0 Å². The molecule has 0 spiro atoms. The van der Waals surface area contributed by atoms with Gasteiger partial charge < -0.3 is 0 Å².